The van der Waals surface area contributed by atoms with Crippen molar-refractivity contribution in [2.45, 2.75) is 37.8 Å². The van der Waals surface area contributed by atoms with Crippen LogP contribution < -0.4 is 27.8 Å². The number of primary amides is 1. The first-order valence-corrected chi connectivity index (χ1v) is 10.5. The number of benzene rings is 1. The first-order valence-electron chi connectivity index (χ1n) is 10.5. The third kappa shape index (κ3) is 4.78. The molecule has 0 aliphatic heterocycles. The maximum absolute atomic E-state index is 14.7. The van der Waals surface area contributed by atoms with E-state index in [1.165, 1.54) is 0 Å². The average Bonchev–Trinajstić information content (AvgIpc) is 2.78. The normalized spacial score (nSPS) is 18.2. The number of pyridine rings is 2. The van der Waals surface area contributed by atoms with Gasteiger partial charge in [-0.15, -0.1) is 0 Å². The molecule has 1 aliphatic rings. The number of nitrogens with zero attached hydrogens (tertiary/aromatic N) is 2. The van der Waals surface area contributed by atoms with Crippen molar-refractivity contribution in [3.63, 3.8) is 0 Å². The minimum atomic E-state index is -0.789. The molecule has 2 aromatic heterocycles. The highest BCUT2D eigenvalue weighted by molar-refractivity contribution is 5.98. The molecule has 4 rings (SSSR count). The fourth-order valence-corrected chi connectivity index (χ4v) is 3.87. The summed E-state index contributed by atoms with van der Waals surface area (Å²) < 4.78 is 14.7. The first kappa shape index (κ1) is 21.5. The predicted octanol–water partition coefficient (Wildman–Crippen LogP) is 3.39. The van der Waals surface area contributed by atoms with Crippen LogP contribution in [0.1, 0.15) is 36.0 Å². The fraction of sp³-hybridized carbons (Fsp3) is 0.261. The molecule has 2 heterocycles. The standard InChI is InChI=1S/C23H26FN7O/c24-18-10-17(21(27)32)22(31-23(18)30-20-4-2-1-3-19(20)26)29-16-9-14(11-28-12-16)13-5-7-15(25)8-6-13/h5-12,19-20H,1-4,25-26H2,(H2,27,32)(H2,29,30,31)/t19-,20+/m0/s1. The Hall–Kier alpha value is -3.72. The number of carbonyl (C=O) groups is 1. The molecule has 32 heavy (non-hydrogen) atoms. The van der Waals surface area contributed by atoms with Gasteiger partial charge in [-0.3, -0.25) is 9.78 Å². The second-order valence-electron chi connectivity index (χ2n) is 7.99. The first-order chi connectivity index (χ1) is 15.4. The van der Waals surface area contributed by atoms with Gasteiger partial charge in [0.15, 0.2) is 11.6 Å². The summed E-state index contributed by atoms with van der Waals surface area (Å²) in [5, 5.41) is 6.16. The van der Waals surface area contributed by atoms with Crippen molar-refractivity contribution in [3.05, 3.63) is 60.2 Å². The van der Waals surface area contributed by atoms with Crippen LogP contribution in [0.5, 0.6) is 0 Å². The van der Waals surface area contributed by atoms with E-state index in [4.69, 9.17) is 17.2 Å². The molecule has 1 fully saturated rings. The van der Waals surface area contributed by atoms with Crippen molar-refractivity contribution < 1.29 is 9.18 Å². The molecule has 9 heteroatoms. The zero-order valence-electron chi connectivity index (χ0n) is 17.5. The Morgan fingerprint density at radius 1 is 1.03 bits per heavy atom. The van der Waals surface area contributed by atoms with Gasteiger partial charge in [0.2, 0.25) is 0 Å². The van der Waals surface area contributed by atoms with Crippen molar-refractivity contribution in [2.24, 2.45) is 11.5 Å². The van der Waals surface area contributed by atoms with E-state index in [0.29, 0.717) is 11.4 Å². The highest BCUT2D eigenvalue weighted by Crippen LogP contribution is 2.28. The van der Waals surface area contributed by atoms with E-state index in [0.717, 1.165) is 42.9 Å². The number of amides is 1. The number of hydrogen-bond donors (Lipinski definition) is 5. The summed E-state index contributed by atoms with van der Waals surface area (Å²) in [6.07, 6.45) is 7.06. The lowest BCUT2D eigenvalue weighted by atomic mass is 9.91. The van der Waals surface area contributed by atoms with Gasteiger partial charge in [0.1, 0.15) is 5.82 Å². The topological polar surface area (TPSA) is 145 Å². The van der Waals surface area contributed by atoms with E-state index in [9.17, 15) is 9.18 Å². The van der Waals surface area contributed by atoms with E-state index < -0.39 is 11.7 Å². The molecular formula is C23H26FN7O. The van der Waals surface area contributed by atoms with E-state index >= 15 is 0 Å². The number of nitrogens with one attached hydrogen (secondary N) is 2. The SMILES string of the molecule is NC(=O)c1cc(F)c(N[C@@H]2CCCC[C@@H]2N)nc1Nc1cncc(-c2ccc(N)cc2)c1. The Morgan fingerprint density at radius 2 is 1.78 bits per heavy atom. The van der Waals surface area contributed by atoms with E-state index in [2.05, 4.69) is 20.6 Å². The zero-order chi connectivity index (χ0) is 22.7. The maximum atomic E-state index is 14.7. The summed E-state index contributed by atoms with van der Waals surface area (Å²) in [5.41, 5.74) is 20.3. The largest absolute Gasteiger partial charge is 0.399 e. The summed E-state index contributed by atoms with van der Waals surface area (Å²) >= 11 is 0. The number of nitrogen functional groups attached to an aromatic ring is 1. The Morgan fingerprint density at radius 3 is 2.50 bits per heavy atom. The van der Waals surface area contributed by atoms with Crippen LogP contribution in [0.25, 0.3) is 11.1 Å². The van der Waals surface area contributed by atoms with Gasteiger partial charge in [0, 0.05) is 29.5 Å². The average molecular weight is 436 g/mol. The van der Waals surface area contributed by atoms with E-state index in [1.807, 2.05) is 18.2 Å². The molecule has 0 radical (unpaired) electrons. The van der Waals surface area contributed by atoms with Crippen molar-refractivity contribution in [1.29, 1.82) is 0 Å². The number of hydrogen-bond acceptors (Lipinski definition) is 7. The fourth-order valence-electron chi connectivity index (χ4n) is 3.87. The maximum Gasteiger partial charge on any atom is 0.252 e. The molecule has 0 spiro atoms. The smallest absolute Gasteiger partial charge is 0.252 e. The number of aromatic nitrogens is 2. The van der Waals surface area contributed by atoms with E-state index in [-0.39, 0.29) is 29.3 Å². The molecule has 0 unspecified atom stereocenters. The lowest BCUT2D eigenvalue weighted by Crippen LogP contribution is -2.43. The molecule has 1 aromatic carbocycles. The van der Waals surface area contributed by atoms with Crippen molar-refractivity contribution in [2.75, 3.05) is 16.4 Å². The molecule has 1 amide bonds. The molecule has 166 valence electrons. The predicted molar refractivity (Wildman–Crippen MR) is 124 cm³/mol. The Kier molecular flexibility index (Phi) is 6.18. The van der Waals surface area contributed by atoms with Gasteiger partial charge < -0.3 is 27.8 Å². The van der Waals surface area contributed by atoms with Crippen molar-refractivity contribution in [1.82, 2.24) is 9.97 Å². The minimum absolute atomic E-state index is 0.0301. The molecule has 0 saturated heterocycles. The minimum Gasteiger partial charge on any atom is -0.399 e. The van der Waals surface area contributed by atoms with Crippen LogP contribution in [-0.2, 0) is 0 Å². The molecule has 1 aliphatic carbocycles. The van der Waals surface area contributed by atoms with Crippen LogP contribution in [0.2, 0.25) is 0 Å². The number of halogens is 1. The summed E-state index contributed by atoms with van der Waals surface area (Å²) in [4.78, 5) is 20.5. The second-order valence-corrected chi connectivity index (χ2v) is 7.99. The van der Waals surface area contributed by atoms with E-state index in [1.54, 1.807) is 24.5 Å². The number of rotatable bonds is 6. The molecule has 3 aromatic rings. The van der Waals surface area contributed by atoms with Crippen LogP contribution in [0.3, 0.4) is 0 Å². The quantitative estimate of drug-likeness (QED) is 0.373. The third-order valence-corrected chi connectivity index (χ3v) is 5.63. The lowest BCUT2D eigenvalue weighted by molar-refractivity contribution is 0.100. The van der Waals surface area contributed by atoms with Crippen LogP contribution in [0, 0.1) is 5.82 Å². The summed E-state index contributed by atoms with van der Waals surface area (Å²) in [7, 11) is 0. The Bertz CT molecular complexity index is 1120. The highest BCUT2D eigenvalue weighted by atomic mass is 19.1. The van der Waals surface area contributed by atoms with Gasteiger partial charge in [0.05, 0.1) is 17.4 Å². The Labute approximate surface area is 185 Å². The Balaban J connectivity index is 1.64. The van der Waals surface area contributed by atoms with Gasteiger partial charge >= 0.3 is 0 Å². The van der Waals surface area contributed by atoms with Gasteiger partial charge in [-0.05, 0) is 42.7 Å². The second kappa shape index (κ2) is 9.19. The summed E-state index contributed by atoms with van der Waals surface area (Å²) in [6, 6.07) is 10.1. The van der Waals surface area contributed by atoms with Crippen LogP contribution in [-0.4, -0.2) is 28.0 Å². The van der Waals surface area contributed by atoms with Crippen LogP contribution >= 0.6 is 0 Å². The number of carbonyl (C=O) groups excluding carboxylic acids is 1. The number of nitrogens with two attached hydrogens (primary N) is 3. The van der Waals surface area contributed by atoms with Crippen molar-refractivity contribution >= 4 is 28.9 Å². The molecule has 1 saturated carbocycles. The number of anilines is 4. The zero-order valence-corrected chi connectivity index (χ0v) is 17.5. The van der Waals surface area contributed by atoms with Gasteiger partial charge in [-0.25, -0.2) is 9.37 Å². The van der Waals surface area contributed by atoms with Gasteiger partial charge in [-0.2, -0.15) is 0 Å². The third-order valence-electron chi connectivity index (χ3n) is 5.63. The monoisotopic (exact) mass is 435 g/mol. The molecule has 8 nitrogen and oxygen atoms in total. The molecule has 2 atom stereocenters. The van der Waals surface area contributed by atoms with Gasteiger partial charge in [-0.1, -0.05) is 25.0 Å². The van der Waals surface area contributed by atoms with Crippen LogP contribution in [0.4, 0.5) is 27.4 Å². The van der Waals surface area contributed by atoms with Crippen LogP contribution in [0.15, 0.2) is 48.8 Å². The molecule has 0 bridgehead atoms. The summed E-state index contributed by atoms with van der Waals surface area (Å²) in [6.45, 7) is 0. The molecular weight excluding hydrogens is 409 g/mol. The van der Waals surface area contributed by atoms with Gasteiger partial charge in [0.25, 0.3) is 5.91 Å². The molecule has 8 N–H and O–H groups in total. The lowest BCUT2D eigenvalue weighted by Gasteiger charge is -2.30. The summed E-state index contributed by atoms with van der Waals surface area (Å²) in [5.74, 6) is -1.28. The van der Waals surface area contributed by atoms with Crippen molar-refractivity contribution in [3.8, 4) is 11.1 Å². The highest BCUT2D eigenvalue weighted by Gasteiger charge is 2.24.